The van der Waals surface area contributed by atoms with Gasteiger partial charge in [-0.1, -0.05) is 18.2 Å². The Bertz CT molecular complexity index is 1030. The van der Waals surface area contributed by atoms with E-state index in [4.69, 9.17) is 5.11 Å². The number of amides is 1. The summed E-state index contributed by atoms with van der Waals surface area (Å²) in [6.07, 6.45) is -0.182. The number of allylic oxidation sites excluding steroid dienone is 1. The highest BCUT2D eigenvalue weighted by Crippen LogP contribution is 2.34. The first-order valence-corrected chi connectivity index (χ1v) is 12.1. The highest BCUT2D eigenvalue weighted by Gasteiger charge is 2.34. The van der Waals surface area contributed by atoms with Gasteiger partial charge in [-0.2, -0.15) is 0 Å². The molecule has 3 atom stereocenters. The first-order valence-electron chi connectivity index (χ1n) is 9.34. The number of benzene rings is 1. The number of carbonyl (C=O) groups excluding carboxylic acids is 1. The molecule has 0 spiro atoms. The maximum Gasteiger partial charge on any atom is 0.257 e. The van der Waals surface area contributed by atoms with Crippen molar-refractivity contribution in [1.29, 1.82) is 0 Å². The first-order chi connectivity index (χ1) is 14.2. The van der Waals surface area contributed by atoms with Gasteiger partial charge in [-0.3, -0.25) is 10.1 Å². The second-order valence-corrected chi connectivity index (χ2v) is 10.1. The van der Waals surface area contributed by atoms with Crippen molar-refractivity contribution in [2.75, 3.05) is 18.2 Å². The number of anilines is 1. The number of thiazole rings is 1. The molecule has 0 saturated heterocycles. The van der Waals surface area contributed by atoms with Gasteiger partial charge in [-0.05, 0) is 36.5 Å². The van der Waals surface area contributed by atoms with E-state index in [1.165, 1.54) is 35.6 Å². The zero-order chi connectivity index (χ0) is 21.9. The van der Waals surface area contributed by atoms with E-state index in [9.17, 15) is 22.0 Å². The van der Waals surface area contributed by atoms with Gasteiger partial charge in [-0.25, -0.2) is 22.2 Å². The van der Waals surface area contributed by atoms with Crippen molar-refractivity contribution in [1.82, 2.24) is 4.98 Å². The Kier molecular flexibility index (Phi) is 6.99. The van der Waals surface area contributed by atoms with Crippen LogP contribution in [0.25, 0.3) is 5.57 Å². The monoisotopic (exact) mass is 456 g/mol. The SMILES string of the molecule is CS(=O)(=O)c1ccc(/C(=C\[C@H]2C[C@@H](F)[C@@H](F)C2)C(=O)Nc2nc(CCO)cs2)cc1. The van der Waals surface area contributed by atoms with Crippen LogP contribution in [0.4, 0.5) is 13.9 Å². The van der Waals surface area contributed by atoms with Crippen molar-refractivity contribution in [3.8, 4) is 0 Å². The van der Waals surface area contributed by atoms with Crippen molar-refractivity contribution in [2.24, 2.45) is 5.92 Å². The molecule has 1 saturated carbocycles. The molecule has 2 N–H and O–H groups in total. The molecule has 0 bridgehead atoms. The number of aromatic nitrogens is 1. The van der Waals surface area contributed by atoms with Crippen LogP contribution in [0.3, 0.4) is 0 Å². The van der Waals surface area contributed by atoms with Gasteiger partial charge >= 0.3 is 0 Å². The minimum absolute atomic E-state index is 0.0166. The number of sulfone groups is 1. The molecular formula is C20H22F2N2O4S2. The molecule has 30 heavy (non-hydrogen) atoms. The summed E-state index contributed by atoms with van der Waals surface area (Å²) in [6.45, 7) is -0.0641. The lowest BCUT2D eigenvalue weighted by Crippen LogP contribution is -2.15. The summed E-state index contributed by atoms with van der Waals surface area (Å²) in [4.78, 5) is 17.3. The number of rotatable bonds is 7. The number of hydrogen-bond acceptors (Lipinski definition) is 6. The van der Waals surface area contributed by atoms with E-state index in [2.05, 4.69) is 10.3 Å². The van der Waals surface area contributed by atoms with Crippen LogP contribution in [-0.4, -0.2) is 49.6 Å². The third kappa shape index (κ3) is 5.50. The number of carbonyl (C=O) groups is 1. The van der Waals surface area contributed by atoms with Crippen LogP contribution in [0.2, 0.25) is 0 Å². The Morgan fingerprint density at radius 3 is 2.47 bits per heavy atom. The van der Waals surface area contributed by atoms with Gasteiger partial charge in [-0.15, -0.1) is 11.3 Å². The summed E-state index contributed by atoms with van der Waals surface area (Å²) in [5, 5.41) is 13.7. The van der Waals surface area contributed by atoms with Crippen molar-refractivity contribution in [3.05, 3.63) is 47.0 Å². The van der Waals surface area contributed by atoms with Crippen LogP contribution in [0, 0.1) is 5.92 Å². The number of alkyl halides is 2. The summed E-state index contributed by atoms with van der Waals surface area (Å²) in [6, 6.07) is 5.77. The lowest BCUT2D eigenvalue weighted by molar-refractivity contribution is -0.111. The fourth-order valence-corrected chi connectivity index (χ4v) is 4.65. The molecule has 3 rings (SSSR count). The summed E-state index contributed by atoms with van der Waals surface area (Å²) < 4.78 is 50.6. The molecule has 0 radical (unpaired) electrons. The van der Waals surface area contributed by atoms with Crippen molar-refractivity contribution in [3.63, 3.8) is 0 Å². The minimum atomic E-state index is -3.40. The maximum absolute atomic E-state index is 13.6. The van der Waals surface area contributed by atoms with E-state index in [0.29, 0.717) is 22.8 Å². The van der Waals surface area contributed by atoms with Crippen LogP contribution >= 0.6 is 11.3 Å². The average Bonchev–Trinajstić information content (AvgIpc) is 3.25. The third-order valence-electron chi connectivity index (χ3n) is 4.83. The predicted octanol–water partition coefficient (Wildman–Crippen LogP) is 3.19. The van der Waals surface area contributed by atoms with E-state index in [1.54, 1.807) is 11.5 Å². The van der Waals surface area contributed by atoms with Crippen LogP contribution in [0.5, 0.6) is 0 Å². The first kappa shape index (κ1) is 22.5. The molecule has 1 aliphatic rings. The van der Waals surface area contributed by atoms with Crippen molar-refractivity contribution in [2.45, 2.75) is 36.5 Å². The quantitative estimate of drug-likeness (QED) is 0.624. The van der Waals surface area contributed by atoms with E-state index < -0.39 is 34.0 Å². The van der Waals surface area contributed by atoms with Crippen molar-refractivity contribution >= 4 is 37.8 Å². The van der Waals surface area contributed by atoms with Gasteiger partial charge in [0.05, 0.1) is 10.6 Å². The predicted molar refractivity (Wildman–Crippen MR) is 112 cm³/mol. The second kappa shape index (κ2) is 9.32. The molecule has 1 amide bonds. The van der Waals surface area contributed by atoms with Gasteiger partial charge in [0.2, 0.25) is 0 Å². The van der Waals surface area contributed by atoms with Crippen molar-refractivity contribution < 1.29 is 27.1 Å². The topological polar surface area (TPSA) is 96.4 Å². The summed E-state index contributed by atoms with van der Waals surface area (Å²) in [5.74, 6) is -0.962. The normalized spacial score (nSPS) is 22.3. The number of hydrogen-bond donors (Lipinski definition) is 2. The van der Waals surface area contributed by atoms with E-state index >= 15 is 0 Å². The number of nitrogens with zero attached hydrogens (tertiary/aromatic N) is 1. The standard InChI is InChI=1S/C20H22F2N2O4S2/c1-30(27,28)15-4-2-13(3-5-15)16(8-12-9-17(21)18(22)10-12)19(26)24-20-23-14(6-7-25)11-29-20/h2-5,8,11-12,17-18,25H,6-7,9-10H2,1H3,(H,23,24,26)/b16-8+/t12-,17+,18-. The molecule has 2 aromatic rings. The van der Waals surface area contributed by atoms with Crippen LogP contribution in [0.15, 0.2) is 40.6 Å². The van der Waals surface area contributed by atoms with Gasteiger partial charge in [0, 0.05) is 30.2 Å². The molecule has 1 aromatic heterocycles. The zero-order valence-electron chi connectivity index (χ0n) is 16.2. The Morgan fingerprint density at radius 2 is 1.90 bits per heavy atom. The molecule has 0 aliphatic heterocycles. The largest absolute Gasteiger partial charge is 0.396 e. The highest BCUT2D eigenvalue weighted by molar-refractivity contribution is 7.90. The fraction of sp³-hybridized carbons (Fsp3) is 0.400. The summed E-state index contributed by atoms with van der Waals surface area (Å²) >= 11 is 1.20. The molecule has 6 nitrogen and oxygen atoms in total. The molecule has 1 aliphatic carbocycles. The van der Waals surface area contributed by atoms with Gasteiger partial charge in [0.15, 0.2) is 15.0 Å². The molecule has 1 aromatic carbocycles. The Labute approximate surface area is 177 Å². The Morgan fingerprint density at radius 1 is 1.27 bits per heavy atom. The number of aliphatic hydroxyl groups excluding tert-OH is 1. The smallest absolute Gasteiger partial charge is 0.257 e. The molecule has 162 valence electrons. The molecule has 0 unspecified atom stereocenters. The van der Waals surface area contributed by atoms with Gasteiger partial charge in [0.25, 0.3) is 5.91 Å². The Hall–Kier alpha value is -2.17. The second-order valence-electron chi connectivity index (χ2n) is 7.21. The van der Waals surface area contributed by atoms with Crippen LogP contribution < -0.4 is 5.32 Å². The van der Waals surface area contributed by atoms with E-state index in [0.717, 1.165) is 6.26 Å². The molecular weight excluding hydrogens is 434 g/mol. The van der Waals surface area contributed by atoms with E-state index in [-0.39, 0.29) is 29.9 Å². The average molecular weight is 457 g/mol. The molecule has 10 heteroatoms. The van der Waals surface area contributed by atoms with Gasteiger partial charge < -0.3 is 5.11 Å². The number of nitrogens with one attached hydrogen (secondary N) is 1. The molecule has 1 heterocycles. The highest BCUT2D eigenvalue weighted by atomic mass is 32.2. The fourth-order valence-electron chi connectivity index (χ4n) is 3.28. The summed E-state index contributed by atoms with van der Waals surface area (Å²) in [7, 11) is -3.40. The maximum atomic E-state index is 13.6. The lowest BCUT2D eigenvalue weighted by Gasteiger charge is -2.11. The number of aliphatic hydroxyl groups is 1. The van der Waals surface area contributed by atoms with Crippen LogP contribution in [-0.2, 0) is 21.1 Å². The molecule has 1 fully saturated rings. The summed E-state index contributed by atoms with van der Waals surface area (Å²) in [5.41, 5.74) is 1.27. The zero-order valence-corrected chi connectivity index (χ0v) is 17.8. The van der Waals surface area contributed by atoms with E-state index in [1.807, 2.05) is 0 Å². The van der Waals surface area contributed by atoms with Gasteiger partial charge in [0.1, 0.15) is 12.3 Å². The van der Waals surface area contributed by atoms with Crippen LogP contribution in [0.1, 0.15) is 24.1 Å². The number of halogens is 2. The lowest BCUT2D eigenvalue weighted by atomic mass is 9.98. The third-order valence-corrected chi connectivity index (χ3v) is 6.76. The Balaban J connectivity index is 1.89. The minimum Gasteiger partial charge on any atom is -0.396 e.